The Morgan fingerprint density at radius 1 is 0.478 bits per heavy atom. The second-order valence-electron chi connectivity index (χ2n) is 12.3. The number of carbonyl (C=O) groups excluding carboxylic acids is 6. The fourth-order valence-corrected chi connectivity index (χ4v) is 4.05. The highest BCUT2D eigenvalue weighted by molar-refractivity contribution is 5.70. The molecular formula is C32H55NO13. The van der Waals surface area contributed by atoms with Crippen LogP contribution in [-0.2, 0) is 57.2 Å². The Balaban J connectivity index is 4.34. The van der Waals surface area contributed by atoms with E-state index in [1.807, 2.05) is 0 Å². The van der Waals surface area contributed by atoms with Crippen molar-refractivity contribution in [3.8, 4) is 0 Å². The van der Waals surface area contributed by atoms with E-state index in [4.69, 9.17) is 28.4 Å². The van der Waals surface area contributed by atoms with Crippen LogP contribution in [0.3, 0.4) is 0 Å². The first-order valence-corrected chi connectivity index (χ1v) is 15.8. The molecule has 0 aliphatic heterocycles. The average molecular weight is 662 g/mol. The molecule has 0 saturated heterocycles. The Morgan fingerprint density at radius 3 is 1.07 bits per heavy atom. The van der Waals surface area contributed by atoms with E-state index >= 15 is 0 Å². The van der Waals surface area contributed by atoms with Gasteiger partial charge in [-0.05, 0) is 52.6 Å². The molecule has 0 atom stereocenters. The topological polar surface area (TPSA) is 181 Å². The lowest BCUT2D eigenvalue weighted by Gasteiger charge is -2.27. The van der Waals surface area contributed by atoms with Crippen LogP contribution < -0.4 is 0 Å². The van der Waals surface area contributed by atoms with E-state index in [2.05, 4.69) is 4.90 Å². The molecule has 14 nitrogen and oxygen atoms in total. The molecule has 0 amide bonds. The van der Waals surface area contributed by atoms with Crippen molar-refractivity contribution in [2.75, 3.05) is 65.9 Å². The van der Waals surface area contributed by atoms with Gasteiger partial charge >= 0.3 is 35.8 Å². The van der Waals surface area contributed by atoms with Gasteiger partial charge in [-0.25, -0.2) is 0 Å². The standard InChI is InChI=1S/C32H55NO13/c1-25(35)41-19-31(5,20-42-26(2)36)23-45-29(39)13-9-7-11-15-33(17-18-34)16-12-8-10-14-30(40)46-24-32(6,21-43-27(3)37)22-44-28(4)38/h34H,7-24H2,1-6H3. The molecule has 0 radical (unpaired) electrons. The van der Waals surface area contributed by atoms with E-state index < -0.39 is 34.7 Å². The van der Waals surface area contributed by atoms with Gasteiger partial charge in [0.25, 0.3) is 0 Å². The summed E-state index contributed by atoms with van der Waals surface area (Å²) in [5, 5.41) is 9.44. The second kappa shape index (κ2) is 24.0. The van der Waals surface area contributed by atoms with Crippen LogP contribution in [0.25, 0.3) is 0 Å². The maximum atomic E-state index is 12.3. The summed E-state index contributed by atoms with van der Waals surface area (Å²) in [4.78, 5) is 71.4. The predicted octanol–water partition coefficient (Wildman–Crippen LogP) is 2.75. The Kier molecular flexibility index (Phi) is 22.3. The number of unbranched alkanes of at least 4 members (excludes halogenated alkanes) is 4. The lowest BCUT2D eigenvalue weighted by molar-refractivity contribution is -0.161. The molecule has 14 heteroatoms. The third kappa shape index (κ3) is 24.0. The van der Waals surface area contributed by atoms with Gasteiger partial charge in [0.15, 0.2) is 0 Å². The Labute approximate surface area is 272 Å². The smallest absolute Gasteiger partial charge is 0.305 e. The molecule has 0 aliphatic carbocycles. The molecule has 46 heavy (non-hydrogen) atoms. The molecule has 0 aromatic heterocycles. The molecule has 0 spiro atoms. The summed E-state index contributed by atoms with van der Waals surface area (Å²) in [5.41, 5.74) is -1.70. The number of rotatable bonds is 26. The van der Waals surface area contributed by atoms with Gasteiger partial charge in [0.1, 0.15) is 39.6 Å². The van der Waals surface area contributed by atoms with Crippen molar-refractivity contribution in [2.45, 2.75) is 92.9 Å². The first kappa shape index (κ1) is 42.7. The first-order chi connectivity index (χ1) is 21.6. The van der Waals surface area contributed by atoms with Crippen LogP contribution in [0.2, 0.25) is 0 Å². The number of aliphatic hydroxyl groups is 1. The van der Waals surface area contributed by atoms with Gasteiger partial charge < -0.3 is 38.4 Å². The van der Waals surface area contributed by atoms with Crippen molar-refractivity contribution < 1.29 is 62.3 Å². The molecule has 0 aliphatic rings. The quantitative estimate of drug-likeness (QED) is 0.0812. The molecule has 0 rings (SSSR count). The van der Waals surface area contributed by atoms with Gasteiger partial charge in [-0.3, -0.25) is 28.8 Å². The maximum absolute atomic E-state index is 12.3. The zero-order valence-electron chi connectivity index (χ0n) is 28.5. The molecule has 0 fully saturated rings. The van der Waals surface area contributed by atoms with E-state index in [9.17, 15) is 33.9 Å². The number of carbonyl (C=O) groups is 6. The molecule has 0 aromatic carbocycles. The molecule has 1 N–H and O–H groups in total. The van der Waals surface area contributed by atoms with Crippen LogP contribution in [0.15, 0.2) is 0 Å². The van der Waals surface area contributed by atoms with Crippen molar-refractivity contribution in [2.24, 2.45) is 10.8 Å². The van der Waals surface area contributed by atoms with Gasteiger partial charge in [0.05, 0.1) is 17.4 Å². The summed E-state index contributed by atoms with van der Waals surface area (Å²) in [7, 11) is 0. The minimum absolute atomic E-state index is 0.0254. The maximum Gasteiger partial charge on any atom is 0.305 e. The number of aliphatic hydroxyl groups excluding tert-OH is 1. The highest BCUT2D eigenvalue weighted by Crippen LogP contribution is 2.21. The van der Waals surface area contributed by atoms with Crippen molar-refractivity contribution in [3.05, 3.63) is 0 Å². The Hall–Kier alpha value is -3.26. The lowest BCUT2D eigenvalue weighted by atomic mass is 9.94. The molecule has 0 unspecified atom stereocenters. The van der Waals surface area contributed by atoms with Crippen LogP contribution in [-0.4, -0.2) is 112 Å². The molecule has 0 aromatic rings. The SMILES string of the molecule is CC(=O)OCC(C)(COC(C)=O)COC(=O)CCCCCN(CCO)CCCCCC(=O)OCC(C)(COC(C)=O)COC(C)=O. The zero-order valence-corrected chi connectivity index (χ0v) is 28.5. The largest absolute Gasteiger partial charge is 0.465 e. The molecule has 0 saturated carbocycles. The third-order valence-electron chi connectivity index (χ3n) is 6.79. The summed E-state index contributed by atoms with van der Waals surface area (Å²) in [6, 6.07) is 0. The Bertz CT molecular complexity index is 844. The number of ether oxygens (including phenoxy) is 6. The summed E-state index contributed by atoms with van der Waals surface area (Å²) < 4.78 is 30.9. The summed E-state index contributed by atoms with van der Waals surface area (Å²) in [5.74, 6) is -2.71. The number of esters is 6. The molecule has 266 valence electrons. The summed E-state index contributed by atoms with van der Waals surface area (Å²) in [6.45, 7) is 10.2. The number of nitrogens with zero attached hydrogens (tertiary/aromatic N) is 1. The van der Waals surface area contributed by atoms with Crippen molar-refractivity contribution >= 4 is 35.8 Å². The Morgan fingerprint density at radius 2 is 0.783 bits per heavy atom. The third-order valence-corrected chi connectivity index (χ3v) is 6.79. The fourth-order valence-electron chi connectivity index (χ4n) is 4.05. The van der Waals surface area contributed by atoms with Crippen LogP contribution in [0.1, 0.15) is 92.9 Å². The minimum Gasteiger partial charge on any atom is -0.465 e. The van der Waals surface area contributed by atoms with Crippen LogP contribution in [0, 0.1) is 10.8 Å². The van der Waals surface area contributed by atoms with Gasteiger partial charge in [-0.1, -0.05) is 12.8 Å². The fraction of sp³-hybridized carbons (Fsp3) is 0.812. The van der Waals surface area contributed by atoms with Crippen LogP contribution in [0.5, 0.6) is 0 Å². The minimum atomic E-state index is -0.849. The summed E-state index contributed by atoms with van der Waals surface area (Å²) >= 11 is 0. The van der Waals surface area contributed by atoms with Crippen molar-refractivity contribution in [1.29, 1.82) is 0 Å². The summed E-state index contributed by atoms with van der Waals surface area (Å²) in [6.07, 6.45) is 4.92. The molecule has 0 heterocycles. The van der Waals surface area contributed by atoms with E-state index in [1.54, 1.807) is 13.8 Å². The van der Waals surface area contributed by atoms with Gasteiger partial charge in [-0.15, -0.1) is 0 Å². The van der Waals surface area contributed by atoms with Gasteiger partial charge in [0, 0.05) is 47.1 Å². The normalized spacial score (nSPS) is 11.5. The highest BCUT2D eigenvalue weighted by Gasteiger charge is 2.31. The predicted molar refractivity (Wildman–Crippen MR) is 165 cm³/mol. The van der Waals surface area contributed by atoms with Crippen molar-refractivity contribution in [1.82, 2.24) is 4.90 Å². The van der Waals surface area contributed by atoms with E-state index in [1.165, 1.54) is 27.7 Å². The number of hydrogen-bond acceptors (Lipinski definition) is 14. The van der Waals surface area contributed by atoms with Crippen molar-refractivity contribution in [3.63, 3.8) is 0 Å². The van der Waals surface area contributed by atoms with Crippen LogP contribution >= 0.6 is 0 Å². The monoisotopic (exact) mass is 661 g/mol. The molecule has 0 bridgehead atoms. The average Bonchev–Trinajstić information content (AvgIpc) is 2.98. The zero-order chi connectivity index (χ0) is 35.0. The van der Waals surface area contributed by atoms with Crippen LogP contribution in [0.4, 0.5) is 0 Å². The van der Waals surface area contributed by atoms with Gasteiger partial charge in [0.2, 0.25) is 0 Å². The highest BCUT2D eigenvalue weighted by atomic mass is 16.6. The number of hydrogen-bond donors (Lipinski definition) is 1. The van der Waals surface area contributed by atoms with Gasteiger partial charge in [-0.2, -0.15) is 0 Å². The van der Waals surface area contributed by atoms with E-state index in [-0.39, 0.29) is 71.0 Å². The van der Waals surface area contributed by atoms with E-state index in [0.29, 0.717) is 19.4 Å². The lowest BCUT2D eigenvalue weighted by Crippen LogP contribution is -2.36. The molecular weight excluding hydrogens is 606 g/mol. The first-order valence-electron chi connectivity index (χ1n) is 15.8. The van der Waals surface area contributed by atoms with E-state index in [0.717, 1.165) is 38.8 Å². The second-order valence-corrected chi connectivity index (χ2v) is 12.3.